The van der Waals surface area contributed by atoms with E-state index in [-0.39, 0.29) is 10.0 Å². The minimum Gasteiger partial charge on any atom is -0.323 e. The van der Waals surface area contributed by atoms with Gasteiger partial charge in [-0.1, -0.05) is 12.1 Å². The van der Waals surface area contributed by atoms with Crippen LogP contribution in [0.5, 0.6) is 0 Å². The smallest absolute Gasteiger partial charge is 0.215 e. The van der Waals surface area contributed by atoms with Gasteiger partial charge in [0.2, 0.25) is 10.0 Å². The molecule has 0 bridgehead atoms. The Morgan fingerprint density at radius 1 is 1.31 bits per heavy atom. The number of aromatic nitrogens is 3. The molecule has 0 atom stereocenters. The maximum Gasteiger partial charge on any atom is 0.215 e. The number of hydrogen-bond donors (Lipinski definition) is 3. The van der Waals surface area contributed by atoms with E-state index < -0.39 is 15.6 Å². The first kappa shape index (κ1) is 18.6. The van der Waals surface area contributed by atoms with Crippen molar-refractivity contribution < 1.29 is 12.7 Å². The summed E-state index contributed by atoms with van der Waals surface area (Å²) in [5, 5.41) is 10.5. The van der Waals surface area contributed by atoms with E-state index in [0.717, 1.165) is 11.5 Å². The lowest BCUT2D eigenvalue weighted by Crippen LogP contribution is -2.41. The topological polar surface area (TPSA) is 99.8 Å². The number of aromatic amines is 1. The van der Waals surface area contributed by atoms with Crippen LogP contribution in [0.2, 0.25) is 0 Å². The molecule has 0 spiro atoms. The quantitative estimate of drug-likeness (QED) is 0.675. The number of anilines is 2. The third-order valence-corrected chi connectivity index (χ3v) is 5.26. The average Bonchev–Trinajstić information content (AvgIpc) is 3.26. The second-order valence-corrected chi connectivity index (χ2v) is 9.36. The molecule has 0 aromatic carbocycles. The monoisotopic (exact) mass is 381 g/mol. The van der Waals surface area contributed by atoms with Gasteiger partial charge in [0.25, 0.3) is 0 Å². The van der Waals surface area contributed by atoms with Crippen LogP contribution in [0.3, 0.4) is 0 Å². The van der Waals surface area contributed by atoms with Crippen LogP contribution in [-0.4, -0.2) is 34.9 Å². The fraction of sp³-hybridized carbons (Fsp3) is 0.444. The lowest BCUT2D eigenvalue weighted by molar-refractivity contribution is 0.493. The van der Waals surface area contributed by atoms with Gasteiger partial charge in [0.1, 0.15) is 5.82 Å². The van der Waals surface area contributed by atoms with Crippen molar-refractivity contribution in [2.24, 2.45) is 0 Å². The van der Waals surface area contributed by atoms with Gasteiger partial charge in [-0.3, -0.25) is 5.10 Å². The van der Waals surface area contributed by atoms with Crippen LogP contribution >= 0.6 is 0 Å². The van der Waals surface area contributed by atoms with E-state index in [4.69, 9.17) is 0 Å². The third kappa shape index (κ3) is 5.67. The summed E-state index contributed by atoms with van der Waals surface area (Å²) in [6.07, 6.45) is 5.73. The van der Waals surface area contributed by atoms with Gasteiger partial charge in [-0.15, -0.1) is 0 Å². The fourth-order valence-electron chi connectivity index (χ4n) is 2.55. The Morgan fingerprint density at radius 2 is 2.08 bits per heavy atom. The van der Waals surface area contributed by atoms with E-state index in [0.29, 0.717) is 17.4 Å². The van der Waals surface area contributed by atoms with E-state index in [1.165, 1.54) is 12.8 Å². The summed E-state index contributed by atoms with van der Waals surface area (Å²) in [5.74, 6) is 1.92. The van der Waals surface area contributed by atoms with Gasteiger partial charge in [0.15, 0.2) is 5.82 Å². The van der Waals surface area contributed by atoms with Crippen molar-refractivity contribution in [3.63, 3.8) is 0 Å². The number of H-pyrrole nitrogens is 1. The minimum atomic E-state index is -3.36. The summed E-state index contributed by atoms with van der Waals surface area (Å²) < 4.78 is 26.6. The molecule has 146 valence electrons. The van der Waals surface area contributed by atoms with Crippen molar-refractivity contribution in [2.75, 3.05) is 11.1 Å². The van der Waals surface area contributed by atoms with Gasteiger partial charge < -0.3 is 5.32 Å². The van der Waals surface area contributed by atoms with Crippen LogP contribution < -0.4 is 10.0 Å². The number of hydrogen-bond acceptors (Lipinski definition) is 5. The molecular weight excluding hydrogens is 350 g/mol. The summed E-state index contributed by atoms with van der Waals surface area (Å²) in [5.41, 5.74) is 1.34. The largest absolute Gasteiger partial charge is 0.323 e. The standard InChI is InChI=1S/C18H25N5O2S.3H2/c1-18(2,3)23-26(24,25)11-5-7-14-6-4-8-16(19-14)20-17-12-15(21-22-17)13-9-10-13;;;/h4-8,12-13,23H,9-11H2,1-3H3,(H2,19,20,21,22);3*1H/b7-5+;;;. The van der Waals surface area contributed by atoms with Crippen molar-refractivity contribution in [1.82, 2.24) is 19.9 Å². The van der Waals surface area contributed by atoms with Gasteiger partial charge in [-0.2, -0.15) is 5.10 Å². The molecule has 1 fully saturated rings. The van der Waals surface area contributed by atoms with E-state index in [1.807, 2.05) is 45.0 Å². The molecule has 7 nitrogen and oxygen atoms in total. The number of rotatable bonds is 7. The van der Waals surface area contributed by atoms with Crippen LogP contribution in [-0.2, 0) is 10.0 Å². The molecule has 26 heavy (non-hydrogen) atoms. The highest BCUT2D eigenvalue weighted by molar-refractivity contribution is 7.89. The first-order valence-corrected chi connectivity index (χ1v) is 10.3. The van der Waals surface area contributed by atoms with Gasteiger partial charge in [-0.05, 0) is 51.8 Å². The maximum absolute atomic E-state index is 12.0. The summed E-state index contributed by atoms with van der Waals surface area (Å²) in [7, 11) is -3.36. The molecule has 0 unspecified atom stereocenters. The van der Waals surface area contributed by atoms with E-state index in [2.05, 4.69) is 25.2 Å². The molecule has 2 heterocycles. The molecule has 1 aliphatic rings. The molecule has 8 heteroatoms. The van der Waals surface area contributed by atoms with Crippen molar-refractivity contribution in [1.29, 1.82) is 0 Å². The Morgan fingerprint density at radius 3 is 2.77 bits per heavy atom. The van der Waals surface area contributed by atoms with Crippen LogP contribution in [0.4, 0.5) is 11.6 Å². The van der Waals surface area contributed by atoms with Crippen molar-refractivity contribution >= 4 is 27.7 Å². The number of pyridine rings is 1. The maximum atomic E-state index is 12.0. The minimum absolute atomic E-state index is 0. The Hall–Kier alpha value is -2.19. The molecule has 2 aromatic heterocycles. The lowest BCUT2D eigenvalue weighted by Gasteiger charge is -2.19. The highest BCUT2D eigenvalue weighted by Crippen LogP contribution is 2.39. The zero-order valence-corrected chi connectivity index (χ0v) is 16.1. The average molecular weight is 382 g/mol. The van der Waals surface area contributed by atoms with E-state index >= 15 is 0 Å². The highest BCUT2D eigenvalue weighted by atomic mass is 32.2. The summed E-state index contributed by atoms with van der Waals surface area (Å²) in [4.78, 5) is 4.46. The normalized spacial score (nSPS) is 15.5. The number of nitrogens with one attached hydrogen (secondary N) is 3. The number of sulfonamides is 1. The van der Waals surface area contributed by atoms with Crippen LogP contribution in [0.1, 0.15) is 55.2 Å². The molecule has 0 aliphatic heterocycles. The Kier molecular flexibility index (Phi) is 5.15. The van der Waals surface area contributed by atoms with Crippen LogP contribution in [0.15, 0.2) is 30.3 Å². The Bertz CT molecular complexity index is 906. The number of nitrogens with zero attached hydrogens (tertiary/aromatic N) is 2. The Balaban J connectivity index is 0.00000261. The molecule has 1 aliphatic carbocycles. The fourth-order valence-corrected chi connectivity index (χ4v) is 3.92. The van der Waals surface area contributed by atoms with Gasteiger partial charge in [0, 0.05) is 27.5 Å². The first-order valence-electron chi connectivity index (χ1n) is 8.68. The second-order valence-electron chi connectivity index (χ2n) is 7.59. The molecule has 0 saturated heterocycles. The molecular formula is C18H31N5O2S. The van der Waals surface area contributed by atoms with Crippen molar-refractivity contribution in [2.45, 2.75) is 45.1 Å². The highest BCUT2D eigenvalue weighted by Gasteiger charge is 2.25. The molecule has 3 rings (SSSR count). The molecule has 0 radical (unpaired) electrons. The lowest BCUT2D eigenvalue weighted by atomic mass is 10.1. The molecule has 3 N–H and O–H groups in total. The zero-order valence-electron chi connectivity index (χ0n) is 15.3. The second kappa shape index (κ2) is 7.20. The van der Waals surface area contributed by atoms with Crippen molar-refractivity contribution in [3.05, 3.63) is 41.7 Å². The summed E-state index contributed by atoms with van der Waals surface area (Å²) in [6, 6.07) is 7.55. The molecule has 2 aromatic rings. The van der Waals surface area contributed by atoms with E-state index in [9.17, 15) is 8.42 Å². The first-order chi connectivity index (χ1) is 12.2. The van der Waals surface area contributed by atoms with Gasteiger partial charge >= 0.3 is 0 Å². The summed E-state index contributed by atoms with van der Waals surface area (Å²) >= 11 is 0. The van der Waals surface area contributed by atoms with Gasteiger partial charge in [-0.25, -0.2) is 18.1 Å². The Labute approximate surface area is 158 Å². The third-order valence-electron chi connectivity index (χ3n) is 3.71. The van der Waals surface area contributed by atoms with Crippen molar-refractivity contribution in [3.8, 4) is 0 Å². The van der Waals surface area contributed by atoms with Crippen LogP contribution in [0, 0.1) is 0 Å². The van der Waals surface area contributed by atoms with Gasteiger partial charge in [0.05, 0.1) is 11.4 Å². The molecule has 1 saturated carbocycles. The van der Waals surface area contributed by atoms with Crippen LogP contribution in [0.25, 0.3) is 6.08 Å². The zero-order chi connectivity index (χ0) is 18.8. The summed E-state index contributed by atoms with van der Waals surface area (Å²) in [6.45, 7) is 5.44. The predicted molar refractivity (Wildman–Crippen MR) is 110 cm³/mol. The molecule has 0 amide bonds. The SMILES string of the molecule is CC(C)(C)NS(=O)(=O)C/C=C/c1cccc(Nc2cc(C3CC3)[nH]n2)n1.[HH].[HH].[HH]. The predicted octanol–water partition coefficient (Wildman–Crippen LogP) is 3.89. The van der Waals surface area contributed by atoms with E-state index in [1.54, 1.807) is 12.2 Å².